The summed E-state index contributed by atoms with van der Waals surface area (Å²) in [5.74, 6) is -5.64. The maximum Gasteiger partial charge on any atom is 0.264 e. The molecule has 8 nitrogen and oxygen atoms in total. The van der Waals surface area contributed by atoms with Gasteiger partial charge in [0.25, 0.3) is 11.8 Å². The van der Waals surface area contributed by atoms with Gasteiger partial charge in [0.15, 0.2) is 5.82 Å². The number of likely N-dealkylation sites (N-methyl/N-ethyl adjacent to an activating group) is 1. The number of amides is 2. The van der Waals surface area contributed by atoms with Crippen molar-refractivity contribution in [3.8, 4) is 0 Å². The number of hydrogen-bond acceptors (Lipinski definition) is 5. The molecule has 4 rings (SSSR count). The molecule has 1 aliphatic heterocycles. The van der Waals surface area contributed by atoms with E-state index >= 15 is 0 Å². The Morgan fingerprint density at radius 2 is 2.04 bits per heavy atom. The van der Waals surface area contributed by atoms with E-state index in [2.05, 4.69) is 10.4 Å². The van der Waals surface area contributed by atoms with Crippen LogP contribution in [-0.4, -0.2) is 76.6 Å². The van der Waals surface area contributed by atoms with Crippen LogP contribution in [0.15, 0.2) is 6.20 Å². The first-order valence-corrected chi connectivity index (χ1v) is 9.64. The first kappa shape index (κ1) is 19.1. The average molecular weight is 396 g/mol. The normalized spacial score (nSPS) is 29.6. The van der Waals surface area contributed by atoms with Gasteiger partial charge in [-0.15, -0.1) is 0 Å². The van der Waals surface area contributed by atoms with Crippen molar-refractivity contribution in [1.82, 2.24) is 24.9 Å². The monoisotopic (exact) mass is 396 g/mol. The summed E-state index contributed by atoms with van der Waals surface area (Å²) in [6, 6.07) is -0.357. The molecule has 154 valence electrons. The highest BCUT2D eigenvalue weighted by Crippen LogP contribution is 2.65. The lowest BCUT2D eigenvalue weighted by atomic mass is 10.1. The quantitative estimate of drug-likeness (QED) is 0.740. The molecule has 2 amide bonds. The smallest absolute Gasteiger partial charge is 0.264 e. The fourth-order valence-electron chi connectivity index (χ4n) is 4.35. The highest BCUT2D eigenvalue weighted by Gasteiger charge is 2.76. The Morgan fingerprint density at radius 3 is 2.64 bits per heavy atom. The van der Waals surface area contributed by atoms with E-state index in [1.54, 1.807) is 7.05 Å². The summed E-state index contributed by atoms with van der Waals surface area (Å²) >= 11 is 0. The van der Waals surface area contributed by atoms with Gasteiger partial charge >= 0.3 is 0 Å². The second-order valence-corrected chi connectivity index (χ2v) is 8.27. The van der Waals surface area contributed by atoms with Crippen LogP contribution in [0.4, 0.5) is 14.6 Å². The Hall–Kier alpha value is -2.23. The van der Waals surface area contributed by atoms with Crippen molar-refractivity contribution in [2.75, 3.05) is 39.0 Å². The first-order chi connectivity index (χ1) is 13.2. The minimum Gasteiger partial charge on any atom is -0.382 e. The number of halogens is 2. The minimum atomic E-state index is -2.89. The minimum absolute atomic E-state index is 0.0110. The zero-order valence-corrected chi connectivity index (χ0v) is 16.1. The Labute approximate surface area is 162 Å². The summed E-state index contributed by atoms with van der Waals surface area (Å²) in [5, 5.41) is 6.71. The maximum atomic E-state index is 14.2. The Bertz CT molecular complexity index is 793. The highest BCUT2D eigenvalue weighted by atomic mass is 19.3. The molecule has 0 aromatic carbocycles. The lowest BCUT2D eigenvalue weighted by molar-refractivity contribution is -0.139. The number of alkyl halides is 2. The number of piperazine rings is 1. The van der Waals surface area contributed by atoms with Crippen LogP contribution in [0.25, 0.3) is 0 Å². The molecule has 3 N–H and O–H groups in total. The van der Waals surface area contributed by atoms with E-state index in [9.17, 15) is 18.4 Å². The number of nitrogens with zero attached hydrogens (tertiary/aromatic N) is 4. The van der Waals surface area contributed by atoms with Crippen molar-refractivity contribution >= 4 is 17.6 Å². The van der Waals surface area contributed by atoms with Crippen LogP contribution in [0.3, 0.4) is 0 Å². The van der Waals surface area contributed by atoms with Crippen molar-refractivity contribution in [3.05, 3.63) is 11.8 Å². The van der Waals surface area contributed by atoms with Crippen molar-refractivity contribution in [3.63, 3.8) is 0 Å². The second kappa shape index (κ2) is 6.68. The summed E-state index contributed by atoms with van der Waals surface area (Å²) in [7, 11) is 3.57. The number of rotatable bonds is 5. The number of nitrogens with two attached hydrogens (primary N) is 1. The van der Waals surface area contributed by atoms with Crippen molar-refractivity contribution in [2.45, 2.75) is 24.8 Å². The number of hydrogen-bond donors (Lipinski definition) is 2. The molecule has 1 saturated heterocycles. The first-order valence-electron chi connectivity index (χ1n) is 9.64. The number of anilines is 1. The van der Waals surface area contributed by atoms with Crippen LogP contribution in [0.5, 0.6) is 0 Å². The highest BCUT2D eigenvalue weighted by molar-refractivity contribution is 5.98. The number of nitrogens with one attached hydrogen (secondary N) is 1. The molecule has 28 heavy (non-hydrogen) atoms. The van der Waals surface area contributed by atoms with Crippen molar-refractivity contribution in [2.24, 2.45) is 24.8 Å². The van der Waals surface area contributed by atoms with E-state index in [0.29, 0.717) is 19.6 Å². The van der Waals surface area contributed by atoms with Gasteiger partial charge in [-0.05, 0) is 25.8 Å². The molecule has 2 saturated carbocycles. The van der Waals surface area contributed by atoms with Crippen LogP contribution in [-0.2, 0) is 11.8 Å². The van der Waals surface area contributed by atoms with E-state index in [4.69, 9.17) is 5.73 Å². The average Bonchev–Trinajstić information content (AvgIpc) is 3.50. The van der Waals surface area contributed by atoms with E-state index in [1.807, 2.05) is 11.9 Å². The molecule has 0 spiro atoms. The molecule has 3 fully saturated rings. The molecule has 0 bridgehead atoms. The maximum absolute atomic E-state index is 14.2. The molecule has 2 aliphatic carbocycles. The number of carbonyl (C=O) groups excluding carboxylic acids is 2. The van der Waals surface area contributed by atoms with Crippen LogP contribution < -0.4 is 11.1 Å². The summed E-state index contributed by atoms with van der Waals surface area (Å²) < 4.78 is 29.8. The topological polar surface area (TPSA) is 96.5 Å². The fraction of sp³-hybridized carbons (Fsp3) is 0.722. The largest absolute Gasteiger partial charge is 0.382 e. The van der Waals surface area contributed by atoms with E-state index in [1.165, 1.54) is 15.8 Å². The lowest BCUT2D eigenvalue weighted by Gasteiger charge is -2.40. The van der Waals surface area contributed by atoms with Gasteiger partial charge in [-0.3, -0.25) is 14.3 Å². The third-order valence-electron chi connectivity index (χ3n) is 6.07. The number of nitrogen functional groups attached to an aromatic ring is 1. The van der Waals surface area contributed by atoms with Gasteiger partial charge in [0, 0.05) is 45.3 Å². The Kier molecular flexibility index (Phi) is 4.56. The second-order valence-electron chi connectivity index (χ2n) is 8.27. The van der Waals surface area contributed by atoms with E-state index < -0.39 is 23.7 Å². The van der Waals surface area contributed by atoms with E-state index in [-0.39, 0.29) is 35.8 Å². The zero-order valence-electron chi connectivity index (χ0n) is 16.1. The van der Waals surface area contributed by atoms with Gasteiger partial charge < -0.3 is 20.9 Å². The van der Waals surface area contributed by atoms with Crippen LogP contribution in [0.1, 0.15) is 23.2 Å². The van der Waals surface area contributed by atoms with E-state index in [0.717, 1.165) is 12.8 Å². The molecular formula is C18H26F2N6O2. The summed E-state index contributed by atoms with van der Waals surface area (Å²) in [5.41, 5.74) is 5.98. The SMILES string of the molecule is CN1CCN(C(=O)[C@@H]2[C@@H](C3CC3)C2(F)F)C(CNC(=O)c2cn(C)nc2N)C1. The van der Waals surface area contributed by atoms with Crippen molar-refractivity contribution < 1.29 is 18.4 Å². The van der Waals surface area contributed by atoms with Gasteiger partial charge in [-0.2, -0.15) is 5.10 Å². The molecule has 1 aromatic rings. The van der Waals surface area contributed by atoms with Crippen molar-refractivity contribution in [1.29, 1.82) is 0 Å². The predicted octanol–water partition coefficient (Wildman–Crippen LogP) is 0.166. The summed E-state index contributed by atoms with van der Waals surface area (Å²) in [6.07, 6.45) is 3.10. The number of aromatic nitrogens is 2. The molecule has 3 aliphatic rings. The number of carbonyl (C=O) groups is 2. The molecule has 1 unspecified atom stereocenters. The summed E-state index contributed by atoms with van der Waals surface area (Å²) in [6.45, 7) is 1.70. The van der Waals surface area contributed by atoms with Gasteiger partial charge in [0.1, 0.15) is 11.5 Å². The molecular weight excluding hydrogens is 370 g/mol. The zero-order chi connectivity index (χ0) is 20.2. The molecule has 2 heterocycles. The molecule has 0 radical (unpaired) electrons. The predicted molar refractivity (Wildman–Crippen MR) is 97.6 cm³/mol. The molecule has 1 aromatic heterocycles. The van der Waals surface area contributed by atoms with Crippen LogP contribution >= 0.6 is 0 Å². The third-order valence-corrected chi connectivity index (χ3v) is 6.07. The van der Waals surface area contributed by atoms with Gasteiger partial charge in [-0.1, -0.05) is 0 Å². The fourth-order valence-corrected chi connectivity index (χ4v) is 4.35. The van der Waals surface area contributed by atoms with Crippen LogP contribution in [0.2, 0.25) is 0 Å². The molecule has 3 atom stereocenters. The van der Waals surface area contributed by atoms with Gasteiger partial charge in [-0.25, -0.2) is 8.78 Å². The van der Waals surface area contributed by atoms with Crippen LogP contribution in [0, 0.1) is 17.8 Å². The number of aryl methyl sites for hydroxylation is 1. The van der Waals surface area contributed by atoms with Gasteiger partial charge in [0.2, 0.25) is 5.91 Å². The van der Waals surface area contributed by atoms with Gasteiger partial charge in [0.05, 0.1) is 6.04 Å². The Morgan fingerprint density at radius 1 is 1.32 bits per heavy atom. The Balaban J connectivity index is 1.42. The molecule has 10 heteroatoms. The standard InChI is InChI=1S/C18H26F2N6O2/c1-24-5-6-26(17(28)14-13(10-3-4-10)18(14,19)20)11(8-24)7-22-16(27)12-9-25(2)23-15(12)21/h9-11,13-14H,3-8H2,1-2H3,(H2,21,23)(H,22,27)/t11?,13-,14+/m1/s1. The summed E-state index contributed by atoms with van der Waals surface area (Å²) in [4.78, 5) is 28.9. The lowest BCUT2D eigenvalue weighted by Crippen LogP contribution is -2.58. The third kappa shape index (κ3) is 3.34.